The topological polar surface area (TPSA) is 92.3 Å². The van der Waals surface area contributed by atoms with Gasteiger partial charge in [0.1, 0.15) is 5.82 Å². The van der Waals surface area contributed by atoms with E-state index in [1.165, 1.54) is 0 Å². The molecule has 8 heteroatoms. The maximum atomic E-state index is 12.7. The van der Waals surface area contributed by atoms with Crippen LogP contribution in [0.2, 0.25) is 0 Å². The summed E-state index contributed by atoms with van der Waals surface area (Å²) in [5, 5.41) is 14.3. The predicted octanol–water partition coefficient (Wildman–Crippen LogP) is 2.57. The molecule has 1 amide bonds. The van der Waals surface area contributed by atoms with E-state index in [-0.39, 0.29) is 11.6 Å². The second-order valence-corrected chi connectivity index (χ2v) is 6.58. The minimum atomic E-state index is -0.293. The van der Waals surface area contributed by atoms with E-state index < -0.39 is 0 Å². The summed E-state index contributed by atoms with van der Waals surface area (Å²) in [4.78, 5) is 18.9. The molecule has 2 N–H and O–H groups in total. The van der Waals surface area contributed by atoms with Crippen molar-refractivity contribution in [3.63, 3.8) is 0 Å². The maximum absolute atomic E-state index is 12.7. The average molecular weight is 390 g/mol. The Hall–Kier alpha value is -3.52. The molecule has 4 rings (SSSR count). The molecule has 0 saturated carbocycles. The highest BCUT2D eigenvalue weighted by molar-refractivity contribution is 6.04. The summed E-state index contributed by atoms with van der Waals surface area (Å²) in [6.07, 6.45) is 3.48. The minimum absolute atomic E-state index is 0.260. The Kier molecular flexibility index (Phi) is 5.92. The van der Waals surface area contributed by atoms with Gasteiger partial charge in [0, 0.05) is 32.0 Å². The van der Waals surface area contributed by atoms with Crippen LogP contribution in [0.25, 0.3) is 0 Å². The van der Waals surface area contributed by atoms with E-state index in [9.17, 15) is 4.79 Å². The Balaban J connectivity index is 1.40. The van der Waals surface area contributed by atoms with Gasteiger partial charge in [0.2, 0.25) is 0 Å². The highest BCUT2D eigenvalue weighted by Gasteiger charge is 2.17. The van der Waals surface area contributed by atoms with Crippen molar-refractivity contribution in [2.45, 2.75) is 6.54 Å². The number of anilines is 3. The van der Waals surface area contributed by atoms with Gasteiger partial charge in [-0.2, -0.15) is 0 Å². The molecule has 1 saturated heterocycles. The molecule has 1 aliphatic rings. The molecule has 148 valence electrons. The van der Waals surface area contributed by atoms with Gasteiger partial charge in [-0.25, -0.2) is 0 Å². The minimum Gasteiger partial charge on any atom is -0.378 e. The Morgan fingerprint density at radius 1 is 1.00 bits per heavy atom. The number of hydrogen-bond acceptors (Lipinski definition) is 7. The number of hydrogen-bond donors (Lipinski definition) is 2. The number of rotatable bonds is 6. The number of carbonyl (C=O) groups excluding carboxylic acids is 1. The van der Waals surface area contributed by atoms with Gasteiger partial charge in [0.05, 0.1) is 24.6 Å². The number of amides is 1. The van der Waals surface area contributed by atoms with Crippen LogP contribution in [0, 0.1) is 0 Å². The van der Waals surface area contributed by atoms with Crippen LogP contribution in [0.3, 0.4) is 0 Å². The fraction of sp³-hybridized carbons (Fsp3) is 0.238. The quantitative estimate of drug-likeness (QED) is 0.668. The van der Waals surface area contributed by atoms with Crippen LogP contribution >= 0.6 is 0 Å². The first-order valence-corrected chi connectivity index (χ1v) is 9.49. The summed E-state index contributed by atoms with van der Waals surface area (Å²) >= 11 is 0. The number of morpholine rings is 1. The molecule has 1 aliphatic heterocycles. The maximum Gasteiger partial charge on any atom is 0.276 e. The van der Waals surface area contributed by atoms with Gasteiger partial charge in [-0.15, -0.1) is 10.2 Å². The van der Waals surface area contributed by atoms with E-state index in [1.54, 1.807) is 24.5 Å². The number of nitrogens with zero attached hydrogens (tertiary/aromatic N) is 4. The van der Waals surface area contributed by atoms with Crippen molar-refractivity contribution in [1.29, 1.82) is 0 Å². The molecule has 1 fully saturated rings. The molecule has 8 nitrogen and oxygen atoms in total. The third-order valence-corrected chi connectivity index (χ3v) is 4.62. The van der Waals surface area contributed by atoms with Crippen molar-refractivity contribution in [3.05, 3.63) is 72.2 Å². The molecule has 0 spiro atoms. The van der Waals surface area contributed by atoms with Gasteiger partial charge in [-0.3, -0.25) is 9.78 Å². The predicted molar refractivity (Wildman–Crippen MR) is 111 cm³/mol. The number of nitrogens with one attached hydrogen (secondary N) is 2. The first kappa shape index (κ1) is 18.8. The SMILES string of the molecule is O=C(Nc1ccccc1N1CCOCC1)c1ccc(NCc2ccncc2)nn1. The summed E-state index contributed by atoms with van der Waals surface area (Å²) in [5.41, 5.74) is 3.08. The van der Waals surface area contributed by atoms with Crippen molar-refractivity contribution < 1.29 is 9.53 Å². The van der Waals surface area contributed by atoms with Crippen LogP contribution in [-0.2, 0) is 11.3 Å². The fourth-order valence-corrected chi connectivity index (χ4v) is 3.09. The van der Waals surface area contributed by atoms with Crippen LogP contribution in [-0.4, -0.2) is 47.4 Å². The van der Waals surface area contributed by atoms with Crippen molar-refractivity contribution in [1.82, 2.24) is 15.2 Å². The number of carbonyl (C=O) groups is 1. The fourth-order valence-electron chi connectivity index (χ4n) is 3.09. The first-order valence-electron chi connectivity index (χ1n) is 9.49. The van der Waals surface area contributed by atoms with E-state index in [2.05, 4.69) is 30.7 Å². The molecule has 3 heterocycles. The van der Waals surface area contributed by atoms with Crippen LogP contribution in [0.15, 0.2) is 60.9 Å². The van der Waals surface area contributed by atoms with Crippen molar-refractivity contribution in [3.8, 4) is 0 Å². The molecular weight excluding hydrogens is 368 g/mol. The summed E-state index contributed by atoms with van der Waals surface area (Å²) in [7, 11) is 0. The highest BCUT2D eigenvalue weighted by atomic mass is 16.5. The molecule has 3 aromatic rings. The monoisotopic (exact) mass is 390 g/mol. The number of pyridine rings is 1. The Morgan fingerprint density at radius 3 is 2.55 bits per heavy atom. The van der Waals surface area contributed by atoms with Gasteiger partial charge in [0.25, 0.3) is 5.91 Å². The summed E-state index contributed by atoms with van der Waals surface area (Å²) < 4.78 is 5.41. The lowest BCUT2D eigenvalue weighted by molar-refractivity contribution is 0.102. The zero-order valence-electron chi connectivity index (χ0n) is 15.9. The van der Waals surface area contributed by atoms with Crippen molar-refractivity contribution in [2.75, 3.05) is 41.8 Å². The molecule has 0 bridgehead atoms. The van der Waals surface area contributed by atoms with E-state index in [0.717, 1.165) is 30.0 Å². The van der Waals surface area contributed by atoms with E-state index >= 15 is 0 Å². The van der Waals surface area contributed by atoms with Crippen molar-refractivity contribution >= 4 is 23.1 Å². The molecule has 29 heavy (non-hydrogen) atoms. The van der Waals surface area contributed by atoms with Gasteiger partial charge in [-0.05, 0) is 42.0 Å². The average Bonchev–Trinajstić information content (AvgIpc) is 2.80. The second-order valence-electron chi connectivity index (χ2n) is 6.58. The Morgan fingerprint density at radius 2 is 1.79 bits per heavy atom. The van der Waals surface area contributed by atoms with Gasteiger partial charge in [-0.1, -0.05) is 12.1 Å². The van der Waals surface area contributed by atoms with E-state index in [1.807, 2.05) is 36.4 Å². The molecule has 0 aliphatic carbocycles. The zero-order chi connectivity index (χ0) is 19.9. The third kappa shape index (κ3) is 4.85. The van der Waals surface area contributed by atoms with Gasteiger partial charge < -0.3 is 20.3 Å². The Labute approximate surface area is 168 Å². The van der Waals surface area contributed by atoms with E-state index in [4.69, 9.17) is 4.74 Å². The summed E-state index contributed by atoms with van der Waals surface area (Å²) in [5.74, 6) is 0.311. The number of ether oxygens (including phenoxy) is 1. The first-order chi connectivity index (χ1) is 14.3. The lowest BCUT2D eigenvalue weighted by Crippen LogP contribution is -2.36. The number of aromatic nitrogens is 3. The van der Waals surface area contributed by atoms with Gasteiger partial charge in [0.15, 0.2) is 5.69 Å². The Bertz CT molecular complexity index is 943. The van der Waals surface area contributed by atoms with Gasteiger partial charge >= 0.3 is 0 Å². The number of benzene rings is 1. The van der Waals surface area contributed by atoms with Crippen LogP contribution < -0.4 is 15.5 Å². The molecule has 0 atom stereocenters. The highest BCUT2D eigenvalue weighted by Crippen LogP contribution is 2.26. The van der Waals surface area contributed by atoms with Crippen molar-refractivity contribution in [2.24, 2.45) is 0 Å². The molecule has 0 radical (unpaired) electrons. The lowest BCUT2D eigenvalue weighted by Gasteiger charge is -2.30. The standard InChI is InChI=1S/C21H22N6O2/c28-21(24-17-3-1-2-4-19(17)27-11-13-29-14-12-27)18-5-6-20(26-25-18)23-15-16-7-9-22-10-8-16/h1-10H,11-15H2,(H,23,26)(H,24,28). The van der Waals surface area contributed by atoms with E-state index in [0.29, 0.717) is 25.6 Å². The molecule has 0 unspecified atom stereocenters. The summed E-state index contributed by atoms with van der Waals surface area (Å²) in [6.45, 7) is 3.56. The lowest BCUT2D eigenvalue weighted by atomic mass is 10.2. The third-order valence-electron chi connectivity index (χ3n) is 4.62. The number of para-hydroxylation sites is 2. The zero-order valence-corrected chi connectivity index (χ0v) is 15.9. The van der Waals surface area contributed by atoms with Crippen LogP contribution in [0.4, 0.5) is 17.2 Å². The molecule has 2 aromatic heterocycles. The second kappa shape index (κ2) is 9.11. The normalized spacial score (nSPS) is 13.7. The molecule has 1 aromatic carbocycles. The smallest absolute Gasteiger partial charge is 0.276 e. The molecular formula is C21H22N6O2. The largest absolute Gasteiger partial charge is 0.378 e. The summed E-state index contributed by atoms with van der Waals surface area (Å²) in [6, 6.07) is 15.0. The van der Waals surface area contributed by atoms with Crippen LogP contribution in [0.5, 0.6) is 0 Å². The van der Waals surface area contributed by atoms with Crippen LogP contribution in [0.1, 0.15) is 16.1 Å².